The van der Waals surface area contributed by atoms with Gasteiger partial charge in [-0.2, -0.15) is 0 Å². The monoisotopic (exact) mass is 409 g/mol. The normalized spacial score (nSPS) is 16.4. The molecule has 152 valence electrons. The lowest BCUT2D eigenvalue weighted by molar-refractivity contribution is -0.115. The van der Waals surface area contributed by atoms with Gasteiger partial charge in [0.25, 0.3) is 5.91 Å². The van der Waals surface area contributed by atoms with Crippen molar-refractivity contribution in [3.8, 4) is 5.75 Å². The number of hydrogen-bond donors (Lipinski definition) is 1. The molecule has 1 aromatic heterocycles. The van der Waals surface area contributed by atoms with Crippen LogP contribution in [-0.2, 0) is 4.79 Å². The van der Waals surface area contributed by atoms with Crippen molar-refractivity contribution in [1.82, 2.24) is 10.3 Å². The molecule has 3 rings (SSSR count). The number of nitrogens with one attached hydrogen (secondary N) is 1. The van der Waals surface area contributed by atoms with Crippen LogP contribution in [-0.4, -0.2) is 22.7 Å². The lowest BCUT2D eigenvalue weighted by Crippen LogP contribution is -2.19. The number of carbonyl (C=O) groups is 1. The standard InChI is InChI=1S/C23H27N3O2S/c1-2-3-4-5-6-7-15-28-20-12-10-18(11-13-20)16-21-22(27)26-23(29-21)25-19-9-8-14-24-17-19/h8-14,16-17H,2-7,15H2,1H3,(H,25,26,27). The number of benzene rings is 1. The molecule has 1 amide bonds. The summed E-state index contributed by atoms with van der Waals surface area (Å²) in [5, 5.41) is 3.35. The molecule has 0 saturated carbocycles. The third-order valence-corrected chi connectivity index (χ3v) is 5.38. The topological polar surface area (TPSA) is 63.6 Å². The van der Waals surface area contributed by atoms with Crippen molar-refractivity contribution < 1.29 is 9.53 Å². The van der Waals surface area contributed by atoms with Crippen molar-refractivity contribution >= 4 is 34.6 Å². The fourth-order valence-electron chi connectivity index (χ4n) is 2.90. The number of rotatable bonds is 10. The van der Waals surface area contributed by atoms with E-state index in [1.54, 1.807) is 12.4 Å². The van der Waals surface area contributed by atoms with E-state index in [4.69, 9.17) is 4.74 Å². The molecule has 1 saturated heterocycles. The third-order valence-electron chi connectivity index (χ3n) is 4.47. The Kier molecular flexibility index (Phi) is 8.31. The summed E-state index contributed by atoms with van der Waals surface area (Å²) < 4.78 is 5.81. The predicted octanol–water partition coefficient (Wildman–Crippen LogP) is 5.71. The van der Waals surface area contributed by atoms with Gasteiger partial charge in [-0.05, 0) is 54.1 Å². The average molecular weight is 410 g/mol. The van der Waals surface area contributed by atoms with E-state index in [1.807, 2.05) is 42.5 Å². The largest absolute Gasteiger partial charge is 0.494 e. The number of hydrogen-bond acceptors (Lipinski definition) is 5. The Morgan fingerprint density at radius 1 is 1.10 bits per heavy atom. The van der Waals surface area contributed by atoms with E-state index in [9.17, 15) is 4.79 Å². The summed E-state index contributed by atoms with van der Waals surface area (Å²) in [6, 6.07) is 11.5. The number of aromatic nitrogens is 1. The molecule has 0 bridgehead atoms. The molecule has 2 heterocycles. The minimum absolute atomic E-state index is 0.138. The molecule has 0 aliphatic carbocycles. The first-order valence-corrected chi connectivity index (χ1v) is 11.0. The summed E-state index contributed by atoms with van der Waals surface area (Å²) in [6.45, 7) is 2.98. The number of aliphatic imine (C=N–C) groups is 1. The minimum Gasteiger partial charge on any atom is -0.494 e. The first kappa shape index (κ1) is 21.1. The number of amidine groups is 1. The van der Waals surface area contributed by atoms with Crippen LogP contribution in [0.2, 0.25) is 0 Å². The molecule has 2 aromatic rings. The smallest absolute Gasteiger partial charge is 0.264 e. The van der Waals surface area contributed by atoms with Crippen LogP contribution in [0.4, 0.5) is 5.69 Å². The number of ether oxygens (including phenoxy) is 1. The molecule has 1 aromatic carbocycles. The Morgan fingerprint density at radius 3 is 2.66 bits per heavy atom. The van der Waals surface area contributed by atoms with Crippen LogP contribution in [0.5, 0.6) is 5.75 Å². The van der Waals surface area contributed by atoms with Crippen LogP contribution in [0, 0.1) is 0 Å². The molecule has 1 fully saturated rings. The Hall–Kier alpha value is -2.60. The fraction of sp³-hybridized carbons (Fsp3) is 0.348. The van der Waals surface area contributed by atoms with Crippen LogP contribution in [0.25, 0.3) is 6.08 Å². The molecule has 1 aliphatic heterocycles. The summed E-state index contributed by atoms with van der Waals surface area (Å²) in [7, 11) is 0. The zero-order valence-corrected chi connectivity index (χ0v) is 17.6. The molecule has 5 nitrogen and oxygen atoms in total. The maximum absolute atomic E-state index is 12.2. The van der Waals surface area contributed by atoms with Crippen LogP contribution in [0.1, 0.15) is 51.0 Å². The fourth-order valence-corrected chi connectivity index (χ4v) is 3.74. The van der Waals surface area contributed by atoms with Gasteiger partial charge in [-0.25, -0.2) is 4.99 Å². The third kappa shape index (κ3) is 7.06. The second kappa shape index (κ2) is 11.4. The Balaban J connectivity index is 1.49. The summed E-state index contributed by atoms with van der Waals surface area (Å²) in [4.78, 5) is 21.2. The number of pyridine rings is 1. The molecule has 1 aliphatic rings. The van der Waals surface area contributed by atoms with Crippen LogP contribution in [0.15, 0.2) is 58.7 Å². The van der Waals surface area contributed by atoms with Crippen molar-refractivity contribution in [2.45, 2.75) is 45.4 Å². The second-order valence-corrected chi connectivity index (χ2v) is 7.91. The van der Waals surface area contributed by atoms with Gasteiger partial charge in [0.1, 0.15) is 5.75 Å². The van der Waals surface area contributed by atoms with E-state index in [-0.39, 0.29) is 5.91 Å². The highest BCUT2D eigenvalue weighted by molar-refractivity contribution is 8.18. The number of nitrogens with zero attached hydrogens (tertiary/aromatic N) is 2. The zero-order chi connectivity index (χ0) is 20.3. The molecular formula is C23H27N3O2S. The minimum atomic E-state index is -0.138. The molecule has 0 atom stereocenters. The van der Waals surface area contributed by atoms with Gasteiger partial charge in [0.05, 0.1) is 23.4 Å². The van der Waals surface area contributed by atoms with E-state index in [2.05, 4.69) is 22.2 Å². The molecule has 1 N–H and O–H groups in total. The van der Waals surface area contributed by atoms with Crippen LogP contribution < -0.4 is 10.1 Å². The Morgan fingerprint density at radius 2 is 1.90 bits per heavy atom. The van der Waals surface area contributed by atoms with Gasteiger partial charge in [-0.1, -0.05) is 51.2 Å². The van der Waals surface area contributed by atoms with Gasteiger partial charge in [0.15, 0.2) is 5.17 Å². The highest BCUT2D eigenvalue weighted by Crippen LogP contribution is 2.28. The summed E-state index contributed by atoms with van der Waals surface area (Å²) in [5.41, 5.74) is 1.67. The van der Waals surface area contributed by atoms with E-state index >= 15 is 0 Å². The van der Waals surface area contributed by atoms with Crippen LogP contribution in [0.3, 0.4) is 0 Å². The highest BCUT2D eigenvalue weighted by atomic mass is 32.2. The SMILES string of the molecule is CCCCCCCCOc1ccc(C=C2SC(=Nc3cccnc3)NC2=O)cc1. The average Bonchev–Trinajstić information content (AvgIpc) is 3.08. The van der Waals surface area contributed by atoms with E-state index in [0.717, 1.165) is 24.3 Å². The van der Waals surface area contributed by atoms with Crippen molar-refractivity contribution in [2.24, 2.45) is 4.99 Å². The van der Waals surface area contributed by atoms with Crippen molar-refractivity contribution in [1.29, 1.82) is 0 Å². The van der Waals surface area contributed by atoms with E-state index in [1.165, 1.54) is 43.9 Å². The lowest BCUT2D eigenvalue weighted by atomic mass is 10.1. The van der Waals surface area contributed by atoms with Gasteiger partial charge >= 0.3 is 0 Å². The maximum Gasteiger partial charge on any atom is 0.264 e. The summed E-state index contributed by atoms with van der Waals surface area (Å²) >= 11 is 1.33. The van der Waals surface area contributed by atoms with Crippen molar-refractivity contribution in [2.75, 3.05) is 6.61 Å². The molecule has 6 heteroatoms. The van der Waals surface area contributed by atoms with Gasteiger partial charge in [0, 0.05) is 6.20 Å². The van der Waals surface area contributed by atoms with Crippen molar-refractivity contribution in [3.63, 3.8) is 0 Å². The predicted molar refractivity (Wildman–Crippen MR) is 120 cm³/mol. The number of thioether (sulfide) groups is 1. The molecule has 0 spiro atoms. The summed E-state index contributed by atoms with van der Waals surface area (Å²) in [5.74, 6) is 0.726. The first-order valence-electron chi connectivity index (χ1n) is 10.2. The lowest BCUT2D eigenvalue weighted by Gasteiger charge is -2.06. The van der Waals surface area contributed by atoms with Gasteiger partial charge in [-0.15, -0.1) is 0 Å². The molecular weight excluding hydrogens is 382 g/mol. The van der Waals surface area contributed by atoms with E-state index in [0.29, 0.717) is 15.8 Å². The number of unbranched alkanes of at least 4 members (excludes halogenated alkanes) is 5. The summed E-state index contributed by atoms with van der Waals surface area (Å²) in [6.07, 6.45) is 12.7. The zero-order valence-electron chi connectivity index (χ0n) is 16.8. The molecule has 29 heavy (non-hydrogen) atoms. The quantitative estimate of drug-likeness (QED) is 0.403. The molecule has 0 unspecified atom stereocenters. The number of carbonyl (C=O) groups excluding carboxylic acids is 1. The van der Waals surface area contributed by atoms with Crippen LogP contribution >= 0.6 is 11.8 Å². The van der Waals surface area contributed by atoms with Gasteiger partial charge < -0.3 is 10.1 Å². The second-order valence-electron chi connectivity index (χ2n) is 6.88. The van der Waals surface area contributed by atoms with Gasteiger partial charge in [0.2, 0.25) is 0 Å². The van der Waals surface area contributed by atoms with Crippen molar-refractivity contribution in [3.05, 3.63) is 59.3 Å². The maximum atomic E-state index is 12.2. The van der Waals surface area contributed by atoms with Gasteiger partial charge in [-0.3, -0.25) is 9.78 Å². The Labute approximate surface area is 176 Å². The molecule has 0 radical (unpaired) electrons. The highest BCUT2D eigenvalue weighted by Gasteiger charge is 2.23. The Bertz CT molecular complexity index is 848. The first-order chi connectivity index (χ1) is 14.2. The van der Waals surface area contributed by atoms with E-state index < -0.39 is 0 Å². The number of amides is 1.